The molecule has 7 nitrogen and oxygen atoms in total. The quantitative estimate of drug-likeness (QED) is 0.163. The van der Waals surface area contributed by atoms with Gasteiger partial charge in [0.25, 0.3) is 0 Å². The molecule has 3 aromatic carbocycles. The molecule has 4 aliphatic rings. The van der Waals surface area contributed by atoms with Gasteiger partial charge in [-0.05, 0) is 103 Å². The molecule has 2 aromatic heterocycles. The highest BCUT2D eigenvalue weighted by molar-refractivity contribution is 5.81. The van der Waals surface area contributed by atoms with Crippen LogP contribution in [-0.4, -0.2) is 64.8 Å². The van der Waals surface area contributed by atoms with Gasteiger partial charge in [-0.1, -0.05) is 62.4 Å². The Hall–Kier alpha value is -4.46. The summed E-state index contributed by atoms with van der Waals surface area (Å²) in [4.78, 5) is 27.8. The molecule has 9 rings (SSSR count). The fourth-order valence-electron chi connectivity index (χ4n) is 10.1. The van der Waals surface area contributed by atoms with E-state index in [-0.39, 0.29) is 0 Å². The zero-order valence-electron chi connectivity index (χ0n) is 30.6. The summed E-state index contributed by atoms with van der Waals surface area (Å²) in [6.07, 6.45) is 13.2. The van der Waals surface area contributed by atoms with E-state index in [2.05, 4.69) is 93.1 Å². The number of hydrogen-bond acceptors (Lipinski definition) is 6. The molecule has 5 aromatic rings. The van der Waals surface area contributed by atoms with Crippen molar-refractivity contribution in [3.63, 3.8) is 0 Å². The van der Waals surface area contributed by atoms with Gasteiger partial charge in [0.2, 0.25) is 0 Å². The maximum Gasteiger partial charge on any atom is 0.153 e. The molecule has 268 valence electrons. The van der Waals surface area contributed by atoms with Crippen molar-refractivity contribution in [3.8, 4) is 11.5 Å². The van der Waals surface area contributed by atoms with Crippen LogP contribution in [0, 0.1) is 5.41 Å². The Bertz CT molecular complexity index is 2050. The first kappa shape index (κ1) is 33.4. The molecule has 3 fully saturated rings. The van der Waals surface area contributed by atoms with Crippen molar-refractivity contribution in [2.45, 2.75) is 82.8 Å². The first-order chi connectivity index (χ1) is 25.5. The predicted octanol–water partition coefficient (Wildman–Crippen LogP) is 9.48. The molecule has 2 aliphatic carbocycles. The molecule has 2 atom stereocenters. The molecule has 4 heterocycles. The van der Waals surface area contributed by atoms with Crippen molar-refractivity contribution < 1.29 is 9.53 Å². The van der Waals surface area contributed by atoms with E-state index in [1.165, 1.54) is 50.5 Å². The van der Waals surface area contributed by atoms with Gasteiger partial charge in [-0.25, -0.2) is 4.98 Å². The summed E-state index contributed by atoms with van der Waals surface area (Å²) in [5.41, 5.74) is 9.09. The van der Waals surface area contributed by atoms with Gasteiger partial charge < -0.3 is 14.6 Å². The van der Waals surface area contributed by atoms with Crippen LogP contribution in [0.25, 0.3) is 11.0 Å². The number of piperidine rings is 1. The molecule has 7 heteroatoms. The van der Waals surface area contributed by atoms with Crippen molar-refractivity contribution in [1.82, 2.24) is 19.8 Å². The van der Waals surface area contributed by atoms with E-state index >= 15 is 0 Å². The summed E-state index contributed by atoms with van der Waals surface area (Å²) in [5.74, 6) is 1.72. The Balaban J connectivity index is 0.893. The number of hydrogen-bond donors (Lipinski definition) is 1. The van der Waals surface area contributed by atoms with E-state index in [0.717, 1.165) is 55.7 Å². The number of fused-ring (bicyclic) bond motifs is 2. The minimum absolute atomic E-state index is 0.419. The molecule has 0 radical (unpaired) electrons. The Labute approximate surface area is 308 Å². The van der Waals surface area contributed by atoms with E-state index in [1.807, 2.05) is 30.5 Å². The highest BCUT2D eigenvalue weighted by atomic mass is 16.5. The van der Waals surface area contributed by atoms with Gasteiger partial charge >= 0.3 is 0 Å². The van der Waals surface area contributed by atoms with Crippen LogP contribution in [0.2, 0.25) is 0 Å². The first-order valence-electron chi connectivity index (χ1n) is 19.6. The smallest absolute Gasteiger partial charge is 0.153 e. The Morgan fingerprint density at radius 3 is 2.54 bits per heavy atom. The summed E-state index contributed by atoms with van der Waals surface area (Å²) in [6, 6.07) is 30.1. The van der Waals surface area contributed by atoms with Crippen LogP contribution in [0.4, 0.5) is 5.69 Å². The maximum absolute atomic E-state index is 12.0. The van der Waals surface area contributed by atoms with Gasteiger partial charge in [-0.3, -0.25) is 14.6 Å². The number of nitrogens with zero attached hydrogens (tertiary/aromatic N) is 4. The van der Waals surface area contributed by atoms with Crippen molar-refractivity contribution in [2.24, 2.45) is 5.41 Å². The van der Waals surface area contributed by atoms with E-state index < -0.39 is 0 Å². The number of aldehydes is 1. The number of H-pyrrole nitrogens is 1. The summed E-state index contributed by atoms with van der Waals surface area (Å²) >= 11 is 0. The van der Waals surface area contributed by atoms with Gasteiger partial charge in [-0.15, -0.1) is 0 Å². The van der Waals surface area contributed by atoms with Crippen LogP contribution in [0.3, 0.4) is 0 Å². The molecule has 2 saturated heterocycles. The zero-order valence-corrected chi connectivity index (χ0v) is 30.6. The lowest BCUT2D eigenvalue weighted by atomic mass is 9.59. The number of anilines is 1. The Morgan fingerprint density at radius 1 is 0.904 bits per heavy atom. The first-order valence-corrected chi connectivity index (χ1v) is 19.6. The van der Waals surface area contributed by atoms with Gasteiger partial charge in [-0.2, -0.15) is 0 Å². The minimum atomic E-state index is 0.419. The van der Waals surface area contributed by atoms with Gasteiger partial charge in [0, 0.05) is 74.2 Å². The largest absolute Gasteiger partial charge is 0.455 e. The second-order valence-corrected chi connectivity index (χ2v) is 16.2. The summed E-state index contributed by atoms with van der Waals surface area (Å²) in [7, 11) is 0. The number of benzene rings is 3. The number of carbonyl (C=O) groups is 1. The predicted molar refractivity (Wildman–Crippen MR) is 209 cm³/mol. The van der Waals surface area contributed by atoms with Crippen LogP contribution < -0.4 is 9.64 Å². The highest BCUT2D eigenvalue weighted by Gasteiger charge is 2.50. The number of pyridine rings is 1. The van der Waals surface area contributed by atoms with Crippen LogP contribution in [0.1, 0.15) is 103 Å². The molecule has 2 aliphatic heterocycles. The van der Waals surface area contributed by atoms with Crippen LogP contribution in [0.15, 0.2) is 91.3 Å². The lowest BCUT2D eigenvalue weighted by molar-refractivity contribution is -0.0688. The number of nitrogens with one attached hydrogen (secondary N) is 1. The standard InChI is InChI=1S/C45H51N5O2/c1-31(2)38-10-5-6-12-40(38)42-29-49(41-13-7-9-32-8-3-4-11-39(32)41)22-23-50(42)36-26-45(27-36)17-20-48(21-18-45)35-15-14-34(30-51)43(25-35)52-37-24-33-16-19-46-44(33)47-28-37/h3-6,8,10-12,14-16,19,24-25,28,30-31,36,41-42H,7,9,13,17-18,20-23,26-27,29H2,1-2H3,(H,46,47). The van der Waals surface area contributed by atoms with E-state index in [1.54, 1.807) is 22.9 Å². The zero-order chi connectivity index (χ0) is 35.2. The lowest BCUT2D eigenvalue weighted by Gasteiger charge is -2.59. The van der Waals surface area contributed by atoms with Crippen molar-refractivity contribution in [1.29, 1.82) is 0 Å². The third kappa shape index (κ3) is 6.22. The van der Waals surface area contributed by atoms with Crippen LogP contribution in [0.5, 0.6) is 11.5 Å². The Morgan fingerprint density at radius 2 is 1.71 bits per heavy atom. The topological polar surface area (TPSA) is 64.7 Å². The number of rotatable bonds is 8. The lowest BCUT2D eigenvalue weighted by Crippen LogP contribution is -2.60. The molecule has 0 amide bonds. The molecule has 0 bridgehead atoms. The van der Waals surface area contributed by atoms with Crippen molar-refractivity contribution in [2.75, 3.05) is 37.6 Å². The molecule has 1 spiro atoms. The second kappa shape index (κ2) is 13.8. The van der Waals surface area contributed by atoms with E-state index in [0.29, 0.717) is 46.5 Å². The van der Waals surface area contributed by atoms with Crippen molar-refractivity contribution in [3.05, 3.63) is 119 Å². The van der Waals surface area contributed by atoms with Gasteiger partial charge in [0.1, 0.15) is 17.1 Å². The third-order valence-corrected chi connectivity index (χ3v) is 12.9. The molecule has 1 saturated carbocycles. The number of ether oxygens (including phenoxy) is 1. The van der Waals surface area contributed by atoms with Crippen LogP contribution in [-0.2, 0) is 6.42 Å². The van der Waals surface area contributed by atoms with Crippen molar-refractivity contribution >= 4 is 23.0 Å². The summed E-state index contributed by atoms with van der Waals surface area (Å²) in [6.45, 7) is 10.2. The number of piperazine rings is 1. The van der Waals surface area contributed by atoms with E-state index in [4.69, 9.17) is 4.74 Å². The molecular formula is C45H51N5O2. The fourth-order valence-corrected chi connectivity index (χ4v) is 10.1. The third-order valence-electron chi connectivity index (χ3n) is 12.9. The normalized spacial score (nSPS) is 22.4. The summed E-state index contributed by atoms with van der Waals surface area (Å²) < 4.78 is 6.25. The van der Waals surface area contributed by atoms with E-state index in [9.17, 15) is 4.79 Å². The average Bonchev–Trinajstić information content (AvgIpc) is 3.65. The monoisotopic (exact) mass is 693 g/mol. The SMILES string of the molecule is CC(C)c1ccccc1C1CN(C2CCCc3ccccc32)CCN1C1CC2(CCN(c3ccc(C=O)c(Oc4cnc5[nH]ccc5c4)c3)CC2)C1. The van der Waals surface area contributed by atoms with Gasteiger partial charge in [0.15, 0.2) is 6.29 Å². The highest BCUT2D eigenvalue weighted by Crippen LogP contribution is 2.54. The van der Waals surface area contributed by atoms with Gasteiger partial charge in [0.05, 0.1) is 11.8 Å². The maximum atomic E-state index is 12.0. The molecule has 1 N–H and O–H groups in total. The minimum Gasteiger partial charge on any atom is -0.455 e. The number of aryl methyl sites for hydroxylation is 1. The summed E-state index contributed by atoms with van der Waals surface area (Å²) in [5, 5.41) is 0.980. The molecular weight excluding hydrogens is 643 g/mol. The number of aromatic nitrogens is 2. The fraction of sp³-hybridized carbons (Fsp3) is 0.422. The number of carbonyl (C=O) groups excluding carboxylic acids is 1. The molecule has 52 heavy (non-hydrogen) atoms. The number of aromatic amines is 1. The average molecular weight is 694 g/mol. The Kier molecular flexibility index (Phi) is 8.88. The second-order valence-electron chi connectivity index (χ2n) is 16.2. The molecule has 2 unspecified atom stereocenters. The van der Waals surface area contributed by atoms with Crippen LogP contribution >= 0.6 is 0 Å².